The zero-order valence-electron chi connectivity index (χ0n) is 17.5. The van der Waals surface area contributed by atoms with E-state index in [1.807, 2.05) is 18.2 Å². The molecule has 7 nitrogen and oxygen atoms in total. The number of likely N-dealkylation sites (N-methyl/N-ethyl adjacent to an activating group) is 1. The molecule has 2 N–H and O–H groups in total. The van der Waals surface area contributed by atoms with Crippen LogP contribution in [0.15, 0.2) is 23.2 Å². The number of piperazine rings is 1. The molecule has 0 radical (unpaired) electrons. The highest BCUT2D eigenvalue weighted by Gasteiger charge is 2.16. The summed E-state index contributed by atoms with van der Waals surface area (Å²) in [4.78, 5) is 9.74. The van der Waals surface area contributed by atoms with Crippen LogP contribution in [0.1, 0.15) is 20.3 Å². The van der Waals surface area contributed by atoms with Gasteiger partial charge in [0, 0.05) is 64.0 Å². The molecule has 1 aromatic rings. The third kappa shape index (κ3) is 6.27. The number of hydrogen-bond donors (Lipinski definition) is 2. The number of ether oxygens (including phenoxy) is 2. The molecule has 3 rings (SSSR count). The van der Waals surface area contributed by atoms with Gasteiger partial charge >= 0.3 is 0 Å². The van der Waals surface area contributed by atoms with Crippen LogP contribution >= 0.6 is 0 Å². The lowest BCUT2D eigenvalue weighted by Gasteiger charge is -2.33. The average molecular weight is 390 g/mol. The van der Waals surface area contributed by atoms with E-state index in [9.17, 15) is 0 Å². The predicted molar refractivity (Wildman–Crippen MR) is 115 cm³/mol. The molecule has 2 aliphatic rings. The van der Waals surface area contributed by atoms with Crippen LogP contribution in [0.2, 0.25) is 0 Å². The fourth-order valence-corrected chi connectivity index (χ4v) is 3.46. The molecular weight excluding hydrogens is 354 g/mol. The number of anilines is 1. The Labute approximate surface area is 169 Å². The lowest BCUT2D eigenvalue weighted by Crippen LogP contribution is -2.46. The van der Waals surface area contributed by atoms with E-state index in [0.29, 0.717) is 19.1 Å². The molecule has 1 atom stereocenters. The van der Waals surface area contributed by atoms with E-state index in [2.05, 4.69) is 41.3 Å². The molecule has 1 unspecified atom stereocenters. The minimum atomic E-state index is 0.516. The summed E-state index contributed by atoms with van der Waals surface area (Å²) in [5.41, 5.74) is 0.954. The van der Waals surface area contributed by atoms with Crippen molar-refractivity contribution in [2.75, 3.05) is 71.4 Å². The lowest BCUT2D eigenvalue weighted by molar-refractivity contribution is 0.140. The Morgan fingerprint density at radius 2 is 1.89 bits per heavy atom. The van der Waals surface area contributed by atoms with Gasteiger partial charge in [-0.05, 0) is 32.0 Å². The summed E-state index contributed by atoms with van der Waals surface area (Å²) in [5.74, 6) is 2.93. The van der Waals surface area contributed by atoms with Gasteiger partial charge in [-0.3, -0.25) is 4.99 Å². The topological polar surface area (TPSA) is 61.4 Å². The van der Waals surface area contributed by atoms with E-state index in [-0.39, 0.29) is 0 Å². The lowest BCUT2D eigenvalue weighted by atomic mass is 10.1. The Kier molecular flexibility index (Phi) is 7.80. The van der Waals surface area contributed by atoms with Crippen LogP contribution in [0.3, 0.4) is 0 Å². The van der Waals surface area contributed by atoms with Crippen molar-refractivity contribution in [2.24, 2.45) is 10.9 Å². The van der Waals surface area contributed by atoms with Crippen molar-refractivity contribution < 1.29 is 9.47 Å². The molecule has 156 valence electrons. The van der Waals surface area contributed by atoms with E-state index >= 15 is 0 Å². The number of fused-ring (bicyclic) bond motifs is 1. The molecule has 0 saturated carbocycles. The summed E-state index contributed by atoms with van der Waals surface area (Å²) >= 11 is 0. The van der Waals surface area contributed by atoms with Crippen LogP contribution in [0.5, 0.6) is 11.5 Å². The first-order valence-corrected chi connectivity index (χ1v) is 10.5. The molecule has 2 aliphatic heterocycles. The van der Waals surface area contributed by atoms with E-state index in [0.717, 1.165) is 75.4 Å². The molecule has 0 spiro atoms. The number of hydrogen-bond acceptors (Lipinski definition) is 5. The maximum absolute atomic E-state index is 5.79. The molecule has 0 aliphatic carbocycles. The standard InChI is InChI=1S/C21H35N5O2/c1-4-22-21(23-15-17(2)16-26-10-8-25(3)9-11-26)24-18-6-7-19-20(14-18)28-13-5-12-27-19/h6-7,14,17H,4-5,8-13,15-16H2,1-3H3,(H2,22,23,24). The summed E-state index contributed by atoms with van der Waals surface area (Å²) in [5, 5.41) is 6.73. The van der Waals surface area contributed by atoms with Crippen molar-refractivity contribution >= 4 is 11.6 Å². The van der Waals surface area contributed by atoms with E-state index < -0.39 is 0 Å². The molecule has 1 saturated heterocycles. The summed E-state index contributed by atoms with van der Waals surface area (Å²) in [6.45, 7) is 13.1. The first-order chi connectivity index (χ1) is 13.6. The van der Waals surface area contributed by atoms with Gasteiger partial charge in [-0.1, -0.05) is 6.92 Å². The molecule has 0 aromatic heterocycles. The summed E-state index contributed by atoms with van der Waals surface area (Å²) in [6, 6.07) is 5.96. The van der Waals surface area contributed by atoms with Crippen molar-refractivity contribution in [3.63, 3.8) is 0 Å². The van der Waals surface area contributed by atoms with Crippen molar-refractivity contribution in [3.8, 4) is 11.5 Å². The van der Waals surface area contributed by atoms with Crippen molar-refractivity contribution in [1.82, 2.24) is 15.1 Å². The highest BCUT2D eigenvalue weighted by molar-refractivity contribution is 5.93. The predicted octanol–water partition coefficient (Wildman–Crippen LogP) is 2.11. The molecular formula is C21H35N5O2. The third-order valence-electron chi connectivity index (χ3n) is 5.08. The second kappa shape index (κ2) is 10.5. The van der Waals surface area contributed by atoms with Crippen molar-refractivity contribution in [3.05, 3.63) is 18.2 Å². The summed E-state index contributed by atoms with van der Waals surface area (Å²) < 4.78 is 11.5. The first-order valence-electron chi connectivity index (χ1n) is 10.5. The van der Waals surface area contributed by atoms with Gasteiger partial charge in [-0.25, -0.2) is 0 Å². The Balaban J connectivity index is 1.55. The monoisotopic (exact) mass is 389 g/mol. The van der Waals surface area contributed by atoms with Gasteiger partial charge in [0.25, 0.3) is 0 Å². The highest BCUT2D eigenvalue weighted by Crippen LogP contribution is 2.32. The molecule has 7 heteroatoms. The quantitative estimate of drug-likeness (QED) is 0.574. The van der Waals surface area contributed by atoms with Crippen molar-refractivity contribution in [2.45, 2.75) is 20.3 Å². The Morgan fingerprint density at radius 3 is 2.64 bits per heavy atom. The molecule has 1 aromatic carbocycles. The molecule has 28 heavy (non-hydrogen) atoms. The SMILES string of the molecule is CCNC(=NCC(C)CN1CCN(C)CC1)Nc1ccc2c(c1)OCCCO2. The number of nitrogens with one attached hydrogen (secondary N) is 2. The van der Waals surface area contributed by atoms with Gasteiger partial charge in [0.1, 0.15) is 0 Å². The molecule has 0 bridgehead atoms. The number of nitrogens with zero attached hydrogens (tertiary/aromatic N) is 3. The normalized spacial score (nSPS) is 19.8. The maximum atomic E-state index is 5.79. The second-order valence-corrected chi connectivity index (χ2v) is 7.77. The fourth-order valence-electron chi connectivity index (χ4n) is 3.46. The van der Waals surface area contributed by atoms with Gasteiger partial charge in [0.15, 0.2) is 17.5 Å². The van der Waals surface area contributed by atoms with Gasteiger partial charge < -0.3 is 29.9 Å². The van der Waals surface area contributed by atoms with E-state index in [1.165, 1.54) is 0 Å². The Hall–Kier alpha value is -1.99. The zero-order chi connectivity index (χ0) is 19.8. The second-order valence-electron chi connectivity index (χ2n) is 7.77. The van der Waals surface area contributed by atoms with Gasteiger partial charge in [-0.15, -0.1) is 0 Å². The highest BCUT2D eigenvalue weighted by atomic mass is 16.5. The van der Waals surface area contributed by atoms with Crippen molar-refractivity contribution in [1.29, 1.82) is 0 Å². The largest absolute Gasteiger partial charge is 0.490 e. The molecule has 0 amide bonds. The van der Waals surface area contributed by atoms with Gasteiger partial charge in [0.2, 0.25) is 0 Å². The average Bonchev–Trinajstić information content (AvgIpc) is 2.93. The maximum Gasteiger partial charge on any atom is 0.195 e. The Morgan fingerprint density at radius 1 is 1.14 bits per heavy atom. The van der Waals surface area contributed by atoms with Crippen LogP contribution in [0.4, 0.5) is 5.69 Å². The third-order valence-corrected chi connectivity index (χ3v) is 5.08. The van der Waals surface area contributed by atoms with Gasteiger partial charge in [-0.2, -0.15) is 0 Å². The van der Waals surface area contributed by atoms with Crippen LogP contribution in [0.25, 0.3) is 0 Å². The van der Waals surface area contributed by atoms with Crippen LogP contribution in [-0.4, -0.2) is 81.8 Å². The van der Waals surface area contributed by atoms with Crippen LogP contribution in [0, 0.1) is 5.92 Å². The minimum Gasteiger partial charge on any atom is -0.490 e. The number of rotatable bonds is 6. The van der Waals surface area contributed by atoms with Gasteiger partial charge in [0.05, 0.1) is 13.2 Å². The first kappa shape index (κ1) is 20.7. The fraction of sp³-hybridized carbons (Fsp3) is 0.667. The number of benzene rings is 1. The number of guanidine groups is 1. The zero-order valence-corrected chi connectivity index (χ0v) is 17.5. The summed E-state index contributed by atoms with van der Waals surface area (Å²) in [7, 11) is 2.19. The molecule has 1 fully saturated rings. The van der Waals surface area contributed by atoms with E-state index in [1.54, 1.807) is 0 Å². The smallest absolute Gasteiger partial charge is 0.195 e. The van der Waals surface area contributed by atoms with Crippen LogP contribution < -0.4 is 20.1 Å². The Bertz CT molecular complexity index is 644. The minimum absolute atomic E-state index is 0.516. The molecule has 2 heterocycles. The summed E-state index contributed by atoms with van der Waals surface area (Å²) in [6.07, 6.45) is 0.909. The number of aliphatic imine (C=N–C) groups is 1. The van der Waals surface area contributed by atoms with Crippen LogP contribution in [-0.2, 0) is 0 Å². The van der Waals surface area contributed by atoms with E-state index in [4.69, 9.17) is 14.5 Å².